The number of carbonyl (C=O) groups is 2. The largest absolute Gasteiger partial charge is 0.332 e. The van der Waals surface area contributed by atoms with E-state index < -0.39 is 17.3 Å². The van der Waals surface area contributed by atoms with Crippen LogP contribution in [0.5, 0.6) is 0 Å². The van der Waals surface area contributed by atoms with E-state index in [2.05, 4.69) is 22.5 Å². The maximum Gasteiger partial charge on any atom is 0.321 e. The Kier molecular flexibility index (Phi) is 4.35. The lowest BCUT2D eigenvalue weighted by atomic mass is 10.1. The normalized spacial score (nSPS) is 19.1. The van der Waals surface area contributed by atoms with E-state index >= 15 is 0 Å². The third-order valence-electron chi connectivity index (χ3n) is 2.34. The number of amides is 3. The summed E-state index contributed by atoms with van der Waals surface area (Å²) in [5, 5.41) is 4.18. The van der Waals surface area contributed by atoms with E-state index in [4.69, 9.17) is 11.6 Å². The molecule has 3 amide bonds. The summed E-state index contributed by atoms with van der Waals surface area (Å²) in [5.74, 6) is -0.471. The van der Waals surface area contributed by atoms with E-state index in [1.54, 1.807) is 0 Å². The van der Waals surface area contributed by atoms with Gasteiger partial charge in [-0.1, -0.05) is 6.92 Å². The van der Waals surface area contributed by atoms with Crippen molar-refractivity contribution in [3.8, 4) is 0 Å². The van der Waals surface area contributed by atoms with E-state index in [1.807, 2.05) is 0 Å². The highest BCUT2D eigenvalue weighted by Crippen LogP contribution is 2.05. The zero-order valence-electron chi connectivity index (χ0n) is 8.92. The molecule has 5 nitrogen and oxygen atoms in total. The van der Waals surface area contributed by atoms with Crippen LogP contribution in [-0.2, 0) is 4.79 Å². The van der Waals surface area contributed by atoms with Gasteiger partial charge in [-0.15, -0.1) is 11.6 Å². The lowest BCUT2D eigenvalue weighted by Crippen LogP contribution is -2.61. The molecule has 1 saturated heterocycles. The van der Waals surface area contributed by atoms with Crippen LogP contribution >= 0.6 is 11.6 Å². The molecule has 6 heteroatoms. The summed E-state index contributed by atoms with van der Waals surface area (Å²) in [6.45, 7) is 6.25. The van der Waals surface area contributed by atoms with Gasteiger partial charge in [0.15, 0.2) is 0 Å². The van der Waals surface area contributed by atoms with Crippen molar-refractivity contribution in [1.29, 1.82) is 0 Å². The number of carbonyl (C=O) groups excluding carboxylic acids is 2. The minimum Gasteiger partial charge on any atom is -0.332 e. The molecule has 15 heavy (non-hydrogen) atoms. The van der Waals surface area contributed by atoms with Crippen molar-refractivity contribution in [2.75, 3.05) is 19.6 Å². The van der Waals surface area contributed by atoms with Gasteiger partial charge in [-0.25, -0.2) is 4.79 Å². The second kappa shape index (κ2) is 5.32. The minimum absolute atomic E-state index is 0.142. The van der Waals surface area contributed by atoms with Gasteiger partial charge < -0.3 is 5.32 Å². The van der Waals surface area contributed by atoms with E-state index in [1.165, 1.54) is 6.92 Å². The number of likely N-dealkylation sites (tertiary alicyclic amines) is 1. The molecule has 2 N–H and O–H groups in total. The highest BCUT2D eigenvalue weighted by molar-refractivity contribution is 6.31. The van der Waals surface area contributed by atoms with Gasteiger partial charge in [0.05, 0.1) is 6.04 Å². The molecule has 0 aliphatic carbocycles. The number of imide groups is 1. The zero-order chi connectivity index (χ0) is 11.4. The number of alkyl halides is 1. The molecule has 0 radical (unpaired) electrons. The Balaban J connectivity index is 2.18. The van der Waals surface area contributed by atoms with Crippen LogP contribution in [0, 0.1) is 0 Å². The number of likely N-dealkylation sites (N-methyl/N-ethyl adjacent to an activating group) is 1. The molecule has 86 valence electrons. The van der Waals surface area contributed by atoms with E-state index in [9.17, 15) is 9.59 Å². The fourth-order valence-electron chi connectivity index (χ4n) is 1.35. The molecule has 1 aliphatic rings. The molecule has 0 aromatic carbocycles. The zero-order valence-corrected chi connectivity index (χ0v) is 9.67. The van der Waals surface area contributed by atoms with Crippen molar-refractivity contribution in [2.24, 2.45) is 0 Å². The van der Waals surface area contributed by atoms with E-state index in [0.29, 0.717) is 0 Å². The Labute approximate surface area is 94.1 Å². The first-order valence-corrected chi connectivity index (χ1v) is 5.44. The van der Waals surface area contributed by atoms with Gasteiger partial charge >= 0.3 is 6.03 Å². The third-order valence-corrected chi connectivity index (χ3v) is 2.54. The van der Waals surface area contributed by atoms with Crippen molar-refractivity contribution in [2.45, 2.75) is 25.3 Å². The molecule has 0 spiro atoms. The van der Waals surface area contributed by atoms with Crippen LogP contribution in [0.25, 0.3) is 0 Å². The summed E-state index contributed by atoms with van der Waals surface area (Å²) in [6, 6.07) is -0.323. The summed E-state index contributed by atoms with van der Waals surface area (Å²) >= 11 is 5.50. The molecular weight excluding hydrogens is 218 g/mol. The highest BCUT2D eigenvalue weighted by Gasteiger charge is 2.27. The van der Waals surface area contributed by atoms with Crippen LogP contribution < -0.4 is 10.6 Å². The molecule has 0 aromatic heterocycles. The van der Waals surface area contributed by atoms with E-state index in [-0.39, 0.29) is 6.04 Å². The predicted molar refractivity (Wildman–Crippen MR) is 57.9 cm³/mol. The van der Waals surface area contributed by atoms with Gasteiger partial charge in [-0.3, -0.25) is 15.0 Å². The minimum atomic E-state index is -0.690. The Morgan fingerprint density at radius 1 is 1.53 bits per heavy atom. The molecule has 1 fully saturated rings. The number of nitrogens with zero attached hydrogens (tertiary/aromatic N) is 1. The van der Waals surface area contributed by atoms with Gasteiger partial charge in [0.1, 0.15) is 5.38 Å². The molecule has 0 saturated carbocycles. The monoisotopic (exact) mass is 233 g/mol. The van der Waals surface area contributed by atoms with Crippen molar-refractivity contribution in [3.63, 3.8) is 0 Å². The summed E-state index contributed by atoms with van der Waals surface area (Å²) in [6.07, 6.45) is 0. The molecule has 1 rings (SSSR count). The average Bonchev–Trinajstić information content (AvgIpc) is 2.10. The predicted octanol–water partition coefficient (Wildman–Crippen LogP) is 0.144. The van der Waals surface area contributed by atoms with Crippen molar-refractivity contribution in [3.05, 3.63) is 0 Å². The van der Waals surface area contributed by atoms with Crippen molar-refractivity contribution in [1.82, 2.24) is 15.5 Å². The van der Waals surface area contributed by atoms with E-state index in [0.717, 1.165) is 19.6 Å². The average molecular weight is 234 g/mol. The summed E-state index contributed by atoms with van der Waals surface area (Å²) in [4.78, 5) is 24.5. The van der Waals surface area contributed by atoms with Crippen LogP contribution in [0.4, 0.5) is 4.79 Å². The van der Waals surface area contributed by atoms with Crippen LogP contribution in [0.15, 0.2) is 0 Å². The lowest BCUT2D eigenvalue weighted by molar-refractivity contribution is -0.119. The molecule has 1 heterocycles. The lowest BCUT2D eigenvalue weighted by Gasteiger charge is -2.38. The fraction of sp³-hybridized carbons (Fsp3) is 0.778. The molecule has 1 atom stereocenters. The number of hydrogen-bond acceptors (Lipinski definition) is 3. The second-order valence-electron chi connectivity index (χ2n) is 3.63. The maximum atomic E-state index is 11.2. The fourth-order valence-corrected chi connectivity index (χ4v) is 1.41. The SMILES string of the molecule is CCN1CC(NC(=O)NC(=O)C(C)Cl)C1. The molecular formula is C9H16ClN3O2. The van der Waals surface area contributed by atoms with Gasteiger partial charge in [-0.05, 0) is 13.5 Å². The first-order valence-electron chi connectivity index (χ1n) is 5.00. The number of nitrogens with one attached hydrogen (secondary N) is 2. The number of rotatable bonds is 3. The molecule has 1 unspecified atom stereocenters. The Morgan fingerprint density at radius 2 is 2.13 bits per heavy atom. The first-order chi connectivity index (χ1) is 7.02. The first kappa shape index (κ1) is 12.3. The summed E-state index contributed by atoms with van der Waals surface area (Å²) < 4.78 is 0. The highest BCUT2D eigenvalue weighted by atomic mass is 35.5. The van der Waals surface area contributed by atoms with Crippen LogP contribution in [0.3, 0.4) is 0 Å². The Bertz CT molecular complexity index is 252. The Morgan fingerprint density at radius 3 is 2.60 bits per heavy atom. The quantitative estimate of drug-likeness (QED) is 0.682. The number of halogens is 1. The van der Waals surface area contributed by atoms with Gasteiger partial charge in [0, 0.05) is 13.1 Å². The Hall–Kier alpha value is -0.810. The smallest absolute Gasteiger partial charge is 0.321 e. The van der Waals surface area contributed by atoms with Crippen LogP contribution in [0.2, 0.25) is 0 Å². The van der Waals surface area contributed by atoms with Gasteiger partial charge in [0.2, 0.25) is 5.91 Å². The molecule has 0 aromatic rings. The molecule has 0 bridgehead atoms. The summed E-state index contributed by atoms with van der Waals surface area (Å²) in [5.41, 5.74) is 0. The topological polar surface area (TPSA) is 61.4 Å². The van der Waals surface area contributed by atoms with Crippen molar-refractivity contribution >= 4 is 23.5 Å². The standard InChI is InChI=1S/C9H16ClN3O2/c1-3-13-4-7(5-13)11-9(15)12-8(14)6(2)10/h6-7H,3-5H2,1-2H3,(H2,11,12,14,15). The number of hydrogen-bond donors (Lipinski definition) is 2. The number of urea groups is 1. The maximum absolute atomic E-state index is 11.2. The summed E-state index contributed by atoms with van der Waals surface area (Å²) in [7, 11) is 0. The van der Waals surface area contributed by atoms with Crippen LogP contribution in [0.1, 0.15) is 13.8 Å². The second-order valence-corrected chi connectivity index (χ2v) is 4.28. The third kappa shape index (κ3) is 3.68. The van der Waals surface area contributed by atoms with Gasteiger partial charge in [-0.2, -0.15) is 0 Å². The molecule has 1 aliphatic heterocycles. The van der Waals surface area contributed by atoms with Crippen LogP contribution in [-0.4, -0.2) is 47.9 Å². The van der Waals surface area contributed by atoms with Crippen molar-refractivity contribution < 1.29 is 9.59 Å². The van der Waals surface area contributed by atoms with Gasteiger partial charge in [0.25, 0.3) is 0 Å².